The first kappa shape index (κ1) is 11.2. The van der Waals surface area contributed by atoms with Crippen LogP contribution in [0.5, 0.6) is 0 Å². The molecule has 1 aromatic heterocycles. The third-order valence-corrected chi connectivity index (χ3v) is 2.54. The van der Waals surface area contributed by atoms with Gasteiger partial charge in [0.25, 0.3) is 0 Å². The molecular formula is C13H14N4. The van der Waals surface area contributed by atoms with Crippen LogP contribution in [0.4, 0.5) is 5.69 Å². The van der Waals surface area contributed by atoms with Gasteiger partial charge < -0.3 is 5.32 Å². The molecular weight excluding hydrogens is 212 g/mol. The van der Waals surface area contributed by atoms with Gasteiger partial charge in [0.15, 0.2) is 0 Å². The van der Waals surface area contributed by atoms with Crippen LogP contribution >= 0.6 is 0 Å². The monoisotopic (exact) mass is 226 g/mol. The van der Waals surface area contributed by atoms with Crippen molar-refractivity contribution in [1.29, 1.82) is 5.26 Å². The number of benzene rings is 1. The number of nitrogens with one attached hydrogen (secondary N) is 1. The Kier molecular flexibility index (Phi) is 3.10. The molecule has 0 radical (unpaired) electrons. The lowest BCUT2D eigenvalue weighted by molar-refractivity contribution is 0.767. The van der Waals surface area contributed by atoms with Gasteiger partial charge in [-0.05, 0) is 24.6 Å². The molecule has 4 heteroatoms. The first-order valence-corrected chi connectivity index (χ1v) is 5.41. The summed E-state index contributed by atoms with van der Waals surface area (Å²) in [6, 6.07) is 8.00. The lowest BCUT2D eigenvalue weighted by atomic mass is 10.1. The summed E-state index contributed by atoms with van der Waals surface area (Å²) in [7, 11) is 1.89. The number of aryl methyl sites for hydroxylation is 2. The molecule has 2 rings (SSSR count). The minimum absolute atomic E-state index is 0.672. The maximum atomic E-state index is 9.04. The van der Waals surface area contributed by atoms with Crippen LogP contribution in [-0.2, 0) is 13.6 Å². The molecule has 0 fully saturated rings. The van der Waals surface area contributed by atoms with E-state index < -0.39 is 0 Å². The average molecular weight is 226 g/mol. The normalized spacial score (nSPS) is 9.94. The van der Waals surface area contributed by atoms with Gasteiger partial charge in [-0.25, -0.2) is 0 Å². The van der Waals surface area contributed by atoms with Crippen LogP contribution in [0, 0.1) is 18.3 Å². The standard InChI is InChI=1S/C13H14N4/c1-10-3-4-13(12(5-10)6-14)15-7-11-8-16-17(2)9-11/h3-5,8-9,15H,7H2,1-2H3. The SMILES string of the molecule is Cc1ccc(NCc2cnn(C)c2)c(C#N)c1. The first-order chi connectivity index (χ1) is 8.19. The molecule has 0 bridgehead atoms. The summed E-state index contributed by atoms with van der Waals surface area (Å²) in [5, 5.41) is 16.4. The maximum absolute atomic E-state index is 9.04. The molecule has 17 heavy (non-hydrogen) atoms. The minimum Gasteiger partial charge on any atom is -0.380 e. The van der Waals surface area contributed by atoms with Gasteiger partial charge in [-0.3, -0.25) is 4.68 Å². The molecule has 0 atom stereocenters. The number of nitrogens with zero attached hydrogens (tertiary/aromatic N) is 3. The molecule has 2 aromatic rings. The first-order valence-electron chi connectivity index (χ1n) is 5.41. The van der Waals surface area contributed by atoms with Gasteiger partial charge in [-0.15, -0.1) is 0 Å². The lowest BCUT2D eigenvalue weighted by Gasteiger charge is -2.07. The van der Waals surface area contributed by atoms with Crippen molar-refractivity contribution in [2.24, 2.45) is 7.05 Å². The average Bonchev–Trinajstić information content (AvgIpc) is 2.73. The summed E-state index contributed by atoms with van der Waals surface area (Å²) < 4.78 is 1.76. The Bertz CT molecular complexity index is 563. The second kappa shape index (κ2) is 4.71. The molecule has 0 saturated carbocycles. The van der Waals surface area contributed by atoms with Crippen molar-refractivity contribution in [3.05, 3.63) is 47.3 Å². The van der Waals surface area contributed by atoms with Crippen LogP contribution in [0.3, 0.4) is 0 Å². The molecule has 0 spiro atoms. The molecule has 0 saturated heterocycles. The Labute approximate surface area is 100 Å². The van der Waals surface area contributed by atoms with Crippen molar-refractivity contribution in [1.82, 2.24) is 9.78 Å². The van der Waals surface area contributed by atoms with Crippen molar-refractivity contribution in [2.45, 2.75) is 13.5 Å². The van der Waals surface area contributed by atoms with Crippen LogP contribution in [0.1, 0.15) is 16.7 Å². The highest BCUT2D eigenvalue weighted by Gasteiger charge is 2.02. The van der Waals surface area contributed by atoms with E-state index in [1.54, 1.807) is 4.68 Å². The van der Waals surface area contributed by atoms with Gasteiger partial charge in [-0.1, -0.05) is 6.07 Å². The van der Waals surface area contributed by atoms with Crippen molar-refractivity contribution < 1.29 is 0 Å². The quantitative estimate of drug-likeness (QED) is 0.873. The Morgan fingerprint density at radius 3 is 2.94 bits per heavy atom. The molecule has 0 amide bonds. The highest BCUT2D eigenvalue weighted by molar-refractivity contribution is 5.58. The van der Waals surface area contributed by atoms with Crippen molar-refractivity contribution in [3.8, 4) is 6.07 Å². The zero-order chi connectivity index (χ0) is 12.3. The van der Waals surface area contributed by atoms with Gasteiger partial charge in [0.1, 0.15) is 6.07 Å². The van der Waals surface area contributed by atoms with Crippen molar-refractivity contribution in [2.75, 3.05) is 5.32 Å². The Morgan fingerprint density at radius 1 is 1.47 bits per heavy atom. The fraction of sp³-hybridized carbons (Fsp3) is 0.231. The fourth-order valence-electron chi connectivity index (χ4n) is 1.67. The number of nitriles is 1. The van der Waals surface area contributed by atoms with Crippen LogP contribution in [0.25, 0.3) is 0 Å². The largest absolute Gasteiger partial charge is 0.380 e. The predicted molar refractivity (Wildman–Crippen MR) is 66.4 cm³/mol. The second-order valence-corrected chi connectivity index (χ2v) is 4.04. The van der Waals surface area contributed by atoms with Crippen molar-refractivity contribution in [3.63, 3.8) is 0 Å². The van der Waals surface area contributed by atoms with E-state index in [2.05, 4.69) is 16.5 Å². The summed E-state index contributed by atoms with van der Waals surface area (Å²) in [6.07, 6.45) is 3.76. The van der Waals surface area contributed by atoms with E-state index in [4.69, 9.17) is 5.26 Å². The third-order valence-electron chi connectivity index (χ3n) is 2.54. The zero-order valence-corrected chi connectivity index (χ0v) is 9.94. The van der Waals surface area contributed by atoms with Gasteiger partial charge in [0.05, 0.1) is 17.4 Å². The molecule has 0 unspecified atom stereocenters. The number of anilines is 1. The second-order valence-electron chi connectivity index (χ2n) is 4.04. The summed E-state index contributed by atoms with van der Waals surface area (Å²) in [5.41, 5.74) is 3.72. The lowest BCUT2D eigenvalue weighted by Crippen LogP contribution is -2.00. The Hall–Kier alpha value is -2.28. The molecule has 0 aliphatic heterocycles. The van der Waals surface area contributed by atoms with E-state index in [1.807, 2.05) is 44.6 Å². The summed E-state index contributed by atoms with van der Waals surface area (Å²) in [4.78, 5) is 0. The fourth-order valence-corrected chi connectivity index (χ4v) is 1.67. The molecule has 86 valence electrons. The van der Waals surface area contributed by atoms with Gasteiger partial charge in [-0.2, -0.15) is 10.4 Å². The van der Waals surface area contributed by atoms with E-state index in [0.717, 1.165) is 16.8 Å². The van der Waals surface area contributed by atoms with Gasteiger partial charge >= 0.3 is 0 Å². The highest BCUT2D eigenvalue weighted by atomic mass is 15.2. The van der Waals surface area contributed by atoms with Crippen molar-refractivity contribution >= 4 is 5.69 Å². The molecule has 1 heterocycles. The molecule has 1 N–H and O–H groups in total. The van der Waals surface area contributed by atoms with Crippen LogP contribution in [0.15, 0.2) is 30.6 Å². The molecule has 1 aromatic carbocycles. The number of rotatable bonds is 3. The van der Waals surface area contributed by atoms with Gasteiger partial charge in [0, 0.05) is 25.4 Å². The highest BCUT2D eigenvalue weighted by Crippen LogP contribution is 2.17. The maximum Gasteiger partial charge on any atom is 0.101 e. The van der Waals surface area contributed by atoms with E-state index in [0.29, 0.717) is 12.1 Å². The molecule has 4 nitrogen and oxygen atoms in total. The summed E-state index contributed by atoms with van der Waals surface area (Å²) >= 11 is 0. The minimum atomic E-state index is 0.672. The van der Waals surface area contributed by atoms with E-state index in [-0.39, 0.29) is 0 Å². The van der Waals surface area contributed by atoms with E-state index in [9.17, 15) is 0 Å². The number of hydrogen-bond acceptors (Lipinski definition) is 3. The van der Waals surface area contributed by atoms with E-state index in [1.165, 1.54) is 0 Å². The Balaban J connectivity index is 2.12. The molecule has 0 aliphatic carbocycles. The topological polar surface area (TPSA) is 53.6 Å². The van der Waals surface area contributed by atoms with E-state index >= 15 is 0 Å². The summed E-state index contributed by atoms with van der Waals surface area (Å²) in [6.45, 7) is 2.65. The van der Waals surface area contributed by atoms with Crippen LogP contribution in [-0.4, -0.2) is 9.78 Å². The number of aromatic nitrogens is 2. The van der Waals surface area contributed by atoms with Gasteiger partial charge in [0.2, 0.25) is 0 Å². The number of hydrogen-bond donors (Lipinski definition) is 1. The van der Waals surface area contributed by atoms with Crippen LogP contribution in [0.2, 0.25) is 0 Å². The smallest absolute Gasteiger partial charge is 0.101 e. The predicted octanol–water partition coefficient (Wildman–Crippen LogP) is 2.21. The zero-order valence-electron chi connectivity index (χ0n) is 9.94. The Morgan fingerprint density at radius 2 is 2.29 bits per heavy atom. The molecule has 0 aliphatic rings. The van der Waals surface area contributed by atoms with Crippen LogP contribution < -0.4 is 5.32 Å². The summed E-state index contributed by atoms with van der Waals surface area (Å²) in [5.74, 6) is 0. The third kappa shape index (κ3) is 2.64.